The summed E-state index contributed by atoms with van der Waals surface area (Å²) >= 11 is 0. The fraction of sp³-hybridized carbons (Fsp3) is 0.871. The number of Topliss-reactive ketones (excluding diaryl/α,β-unsaturated/α-hetero) is 1. The Balaban J connectivity index is 1.08. The van der Waals surface area contributed by atoms with E-state index >= 15 is 0 Å². The summed E-state index contributed by atoms with van der Waals surface area (Å²) in [5.74, 6) is 4.68. The Morgan fingerprint density at radius 1 is 0.949 bits per heavy atom. The van der Waals surface area contributed by atoms with Crippen LogP contribution in [0.5, 0.6) is 5.88 Å². The average molecular weight is 547 g/mol. The van der Waals surface area contributed by atoms with Gasteiger partial charge in [-0.2, -0.15) is 0 Å². The molecule has 0 unspecified atom stereocenters. The number of ketones is 1. The van der Waals surface area contributed by atoms with Gasteiger partial charge in [-0.1, -0.05) is 6.92 Å². The summed E-state index contributed by atoms with van der Waals surface area (Å²) in [5.41, 5.74) is -0.352. The van der Waals surface area contributed by atoms with Crippen molar-refractivity contribution in [3.8, 4) is 5.88 Å². The molecule has 1 aromatic heterocycles. The van der Waals surface area contributed by atoms with Gasteiger partial charge in [0, 0.05) is 25.3 Å². The highest BCUT2D eigenvalue weighted by molar-refractivity contribution is 5.82. The number of ether oxygens (including phenoxy) is 4. The largest absolute Gasteiger partial charge is 0.474 e. The first-order valence-electron chi connectivity index (χ1n) is 15.4. The molecule has 8 nitrogen and oxygen atoms in total. The number of hydrogen-bond acceptors (Lipinski definition) is 7. The zero-order chi connectivity index (χ0) is 27.5. The van der Waals surface area contributed by atoms with E-state index in [2.05, 4.69) is 12.0 Å². The molecule has 4 aliphatic rings. The molecule has 1 N–H and O–H groups in total. The van der Waals surface area contributed by atoms with Crippen LogP contribution in [0.3, 0.4) is 0 Å². The van der Waals surface area contributed by atoms with Crippen LogP contribution in [0.25, 0.3) is 0 Å². The summed E-state index contributed by atoms with van der Waals surface area (Å²) in [7, 11) is 1.65. The van der Waals surface area contributed by atoms with Crippen molar-refractivity contribution in [2.75, 3.05) is 46.8 Å². The topological polar surface area (TPSA) is 92.0 Å². The summed E-state index contributed by atoms with van der Waals surface area (Å²) in [6.45, 7) is 7.85. The fourth-order valence-corrected chi connectivity index (χ4v) is 9.06. The van der Waals surface area contributed by atoms with Crippen LogP contribution in [0, 0.1) is 40.9 Å². The summed E-state index contributed by atoms with van der Waals surface area (Å²) in [6, 6.07) is 1.82. The Kier molecular flexibility index (Phi) is 9.36. The van der Waals surface area contributed by atoms with Crippen molar-refractivity contribution < 1.29 is 28.8 Å². The third-order valence-corrected chi connectivity index (χ3v) is 10.8. The zero-order valence-electron chi connectivity index (χ0n) is 24.3. The van der Waals surface area contributed by atoms with E-state index in [0.29, 0.717) is 69.7 Å². The number of carbonyl (C=O) groups is 1. The molecule has 0 amide bonds. The minimum atomic E-state index is -0.466. The summed E-state index contributed by atoms with van der Waals surface area (Å²) in [5, 5.41) is 15.2. The van der Waals surface area contributed by atoms with Crippen molar-refractivity contribution in [2.24, 2.45) is 40.9 Å². The van der Waals surface area contributed by atoms with Crippen molar-refractivity contribution in [2.45, 2.75) is 83.8 Å². The maximum absolute atomic E-state index is 13.6. The molecule has 1 heterocycles. The van der Waals surface area contributed by atoms with Gasteiger partial charge in [0.25, 0.3) is 0 Å². The Morgan fingerprint density at radius 3 is 2.49 bits per heavy atom. The number of nitrogens with zero attached hydrogens (tertiary/aromatic N) is 2. The lowest BCUT2D eigenvalue weighted by Crippen LogP contribution is -2.51. The minimum absolute atomic E-state index is 0.113. The molecule has 8 atom stereocenters. The van der Waals surface area contributed by atoms with Crippen LogP contribution in [0.2, 0.25) is 0 Å². The molecule has 0 saturated heterocycles. The first kappa shape index (κ1) is 29.0. The molecule has 0 radical (unpaired) electrons. The number of hydrogen-bond donors (Lipinski definition) is 1. The van der Waals surface area contributed by atoms with Crippen LogP contribution in [0.4, 0.5) is 0 Å². The van der Waals surface area contributed by atoms with Gasteiger partial charge < -0.3 is 24.1 Å². The molecule has 4 saturated carbocycles. The molecule has 4 fully saturated rings. The molecular formula is C31H50N2O6. The number of aliphatic hydroxyl groups is 1. The summed E-state index contributed by atoms with van der Waals surface area (Å²) in [4.78, 5) is 13.6. The minimum Gasteiger partial charge on any atom is -0.474 e. The molecule has 0 aliphatic heterocycles. The first-order chi connectivity index (χ1) is 18.8. The van der Waals surface area contributed by atoms with Gasteiger partial charge in [-0.05, 0) is 99.7 Å². The second kappa shape index (κ2) is 12.6. The Bertz CT molecular complexity index is 949. The van der Waals surface area contributed by atoms with E-state index in [-0.39, 0.29) is 11.3 Å². The Labute approximate surface area is 234 Å². The lowest BCUT2D eigenvalue weighted by molar-refractivity contribution is -0.133. The second-order valence-electron chi connectivity index (χ2n) is 13.2. The molecule has 0 bridgehead atoms. The van der Waals surface area contributed by atoms with Crippen LogP contribution in [0.1, 0.15) is 71.6 Å². The van der Waals surface area contributed by atoms with Gasteiger partial charge in [-0.3, -0.25) is 9.48 Å². The van der Waals surface area contributed by atoms with Crippen LogP contribution >= 0.6 is 0 Å². The van der Waals surface area contributed by atoms with Gasteiger partial charge in [0.2, 0.25) is 5.88 Å². The fourth-order valence-electron chi connectivity index (χ4n) is 9.06. The van der Waals surface area contributed by atoms with E-state index in [4.69, 9.17) is 18.9 Å². The van der Waals surface area contributed by atoms with E-state index in [1.54, 1.807) is 11.8 Å². The van der Waals surface area contributed by atoms with E-state index < -0.39 is 5.60 Å². The van der Waals surface area contributed by atoms with Crippen LogP contribution < -0.4 is 4.74 Å². The zero-order valence-corrected chi connectivity index (χ0v) is 24.3. The predicted octanol–water partition coefficient (Wildman–Crippen LogP) is 4.53. The summed E-state index contributed by atoms with van der Waals surface area (Å²) < 4.78 is 23.3. The lowest BCUT2D eigenvalue weighted by atomic mass is 9.49. The van der Waals surface area contributed by atoms with E-state index in [1.807, 2.05) is 19.2 Å². The van der Waals surface area contributed by atoms with E-state index in [9.17, 15) is 9.90 Å². The molecular weight excluding hydrogens is 496 g/mol. The highest BCUT2D eigenvalue weighted by Crippen LogP contribution is 2.64. The molecule has 0 aromatic carbocycles. The van der Waals surface area contributed by atoms with Gasteiger partial charge >= 0.3 is 0 Å². The highest BCUT2D eigenvalue weighted by Gasteiger charge is 2.58. The molecule has 8 heteroatoms. The van der Waals surface area contributed by atoms with Crippen molar-refractivity contribution >= 4 is 5.78 Å². The van der Waals surface area contributed by atoms with E-state index in [0.717, 1.165) is 37.0 Å². The number of aromatic nitrogens is 2. The van der Waals surface area contributed by atoms with E-state index in [1.165, 1.54) is 38.5 Å². The van der Waals surface area contributed by atoms with Gasteiger partial charge in [0.1, 0.15) is 6.61 Å². The Morgan fingerprint density at radius 2 is 1.69 bits per heavy atom. The number of carbonyl (C=O) groups excluding carboxylic acids is 1. The predicted molar refractivity (Wildman–Crippen MR) is 147 cm³/mol. The third-order valence-electron chi connectivity index (χ3n) is 10.8. The molecule has 5 rings (SSSR count). The Hall–Kier alpha value is -1.48. The standard InChI is InChI=1S/C31H50N2O6/c1-30(35)11-8-23-22(20-30)4-5-25-24(23)9-12-31(2)26(25)6-7-27(31)28(34)21-33-13-10-29(32-33)39-19-18-38-17-16-37-15-14-36-3/h10,13,22-27,35H,4-9,11-12,14-21H2,1-3H3/t22-,23+,24-,25-,26+,27-,30-,31+/m1/s1. The normalized spacial score (nSPS) is 37.6. The van der Waals surface area contributed by atoms with Crippen LogP contribution in [0.15, 0.2) is 12.3 Å². The van der Waals surface area contributed by atoms with Crippen molar-refractivity contribution in [1.82, 2.24) is 9.78 Å². The average Bonchev–Trinajstić information content (AvgIpc) is 3.50. The number of methoxy groups -OCH3 is 1. The lowest BCUT2D eigenvalue weighted by Gasteiger charge is -2.56. The smallest absolute Gasteiger partial charge is 0.232 e. The van der Waals surface area contributed by atoms with Gasteiger partial charge in [-0.25, -0.2) is 0 Å². The molecule has 4 aliphatic carbocycles. The van der Waals surface area contributed by atoms with Crippen molar-refractivity contribution in [3.05, 3.63) is 12.3 Å². The van der Waals surface area contributed by atoms with Gasteiger partial charge in [0.15, 0.2) is 5.78 Å². The summed E-state index contributed by atoms with van der Waals surface area (Å²) in [6.07, 6.45) is 12.1. The third kappa shape index (κ3) is 6.55. The quantitative estimate of drug-likeness (QED) is 0.364. The second-order valence-corrected chi connectivity index (χ2v) is 13.2. The van der Waals surface area contributed by atoms with Crippen LogP contribution in [-0.2, 0) is 25.5 Å². The molecule has 0 spiro atoms. The first-order valence-corrected chi connectivity index (χ1v) is 15.4. The van der Waals surface area contributed by atoms with Crippen molar-refractivity contribution in [3.63, 3.8) is 0 Å². The highest BCUT2D eigenvalue weighted by atomic mass is 16.6. The number of rotatable bonds is 13. The number of fused-ring (bicyclic) bond motifs is 5. The molecule has 220 valence electrons. The van der Waals surface area contributed by atoms with Gasteiger partial charge in [-0.15, -0.1) is 5.10 Å². The van der Waals surface area contributed by atoms with Crippen LogP contribution in [-0.4, -0.2) is 73.0 Å². The van der Waals surface area contributed by atoms with Crippen molar-refractivity contribution in [1.29, 1.82) is 0 Å². The maximum Gasteiger partial charge on any atom is 0.232 e. The maximum atomic E-state index is 13.6. The molecule has 1 aromatic rings. The monoisotopic (exact) mass is 546 g/mol. The van der Waals surface area contributed by atoms with Gasteiger partial charge in [0.05, 0.1) is 45.2 Å². The molecule has 39 heavy (non-hydrogen) atoms. The SMILES string of the molecule is COCCOCCOCCOc1ccn(CC(=O)[C@H]2CC[C@H]3[C@@H]4CC[C@@H]5C[C@](C)(O)CC[C@@H]5[C@H]4CC[C@]23C)n1.